The van der Waals surface area contributed by atoms with Gasteiger partial charge in [0.1, 0.15) is 23.3 Å². The molecule has 0 saturated carbocycles. The molecule has 0 bridgehead atoms. The molecule has 0 fully saturated rings. The van der Waals surface area contributed by atoms with Crippen molar-refractivity contribution in [3.63, 3.8) is 0 Å². The Bertz CT molecular complexity index is 698. The van der Waals surface area contributed by atoms with Gasteiger partial charge in [0.15, 0.2) is 0 Å². The third kappa shape index (κ3) is 5.68. The Morgan fingerprint density at radius 2 is 1.08 bits per heavy atom. The van der Waals surface area contributed by atoms with E-state index in [1.165, 1.54) is 47.8 Å². The largest absolute Gasteiger partial charge is 0.207 e. The van der Waals surface area contributed by atoms with Gasteiger partial charge in [0.2, 0.25) is 0 Å². The number of thioether (sulfide) groups is 2. The van der Waals surface area contributed by atoms with E-state index in [4.69, 9.17) is 0 Å². The summed E-state index contributed by atoms with van der Waals surface area (Å²) < 4.78 is 53.9. The monoisotopic (exact) mass is 408 g/mol. The molecule has 0 aliphatic rings. The summed E-state index contributed by atoms with van der Waals surface area (Å²) in [5.41, 5.74) is 0.701. The van der Waals surface area contributed by atoms with Gasteiger partial charge in [0.05, 0.1) is 8.47 Å². The van der Waals surface area contributed by atoms with Crippen LogP contribution in [-0.2, 0) is 11.5 Å². The van der Waals surface area contributed by atoms with E-state index < -0.39 is 23.3 Å². The van der Waals surface area contributed by atoms with E-state index in [1.807, 2.05) is 0 Å². The third-order valence-electron chi connectivity index (χ3n) is 2.94. The minimum absolute atomic E-state index is 0.264. The van der Waals surface area contributed by atoms with E-state index in [9.17, 15) is 17.6 Å². The van der Waals surface area contributed by atoms with Crippen LogP contribution in [-0.4, -0.2) is 0 Å². The number of halogens is 4. The second-order valence-corrected chi connectivity index (χ2v) is 8.13. The number of hydrogen-bond donors (Lipinski definition) is 2. The van der Waals surface area contributed by atoms with Crippen LogP contribution in [0.1, 0.15) is 11.1 Å². The first-order chi connectivity index (χ1) is 11.4. The van der Waals surface area contributed by atoms with E-state index in [2.05, 4.69) is 25.3 Å². The van der Waals surface area contributed by atoms with Gasteiger partial charge in [-0.15, -0.1) is 48.8 Å². The molecule has 0 unspecified atom stereocenters. The minimum Gasteiger partial charge on any atom is -0.207 e. The average Bonchev–Trinajstić information content (AvgIpc) is 2.52. The molecule has 0 aliphatic heterocycles. The highest BCUT2D eigenvalue weighted by Crippen LogP contribution is 2.36. The lowest BCUT2D eigenvalue weighted by Gasteiger charge is -2.08. The molecule has 0 saturated heterocycles. The van der Waals surface area contributed by atoms with Crippen molar-refractivity contribution in [1.82, 2.24) is 0 Å². The van der Waals surface area contributed by atoms with Crippen LogP contribution in [0.4, 0.5) is 17.6 Å². The van der Waals surface area contributed by atoms with E-state index in [0.29, 0.717) is 19.6 Å². The van der Waals surface area contributed by atoms with Crippen molar-refractivity contribution in [2.75, 3.05) is 0 Å². The molecule has 0 spiro atoms. The Morgan fingerprint density at radius 3 is 1.42 bits per heavy atom. The average molecular weight is 409 g/mol. The van der Waals surface area contributed by atoms with E-state index in [-0.39, 0.29) is 11.5 Å². The normalized spacial score (nSPS) is 12.2. The zero-order chi connectivity index (χ0) is 17.7. The second kappa shape index (κ2) is 9.12. The van der Waals surface area contributed by atoms with E-state index >= 15 is 0 Å². The molecule has 128 valence electrons. The van der Waals surface area contributed by atoms with Crippen LogP contribution in [0.3, 0.4) is 0 Å². The lowest BCUT2D eigenvalue weighted by Crippen LogP contribution is -1.90. The predicted molar refractivity (Wildman–Crippen MR) is 100 cm³/mol. The fourth-order valence-corrected chi connectivity index (χ4v) is 4.12. The molecule has 0 aliphatic carbocycles. The summed E-state index contributed by atoms with van der Waals surface area (Å²) in [5, 5.41) is 0. The van der Waals surface area contributed by atoms with Crippen molar-refractivity contribution >= 4 is 48.8 Å². The van der Waals surface area contributed by atoms with Crippen molar-refractivity contribution in [1.29, 1.82) is 0 Å². The minimum atomic E-state index is -0.630. The Kier molecular flexibility index (Phi) is 7.46. The van der Waals surface area contributed by atoms with Crippen LogP contribution in [0.2, 0.25) is 0 Å². The number of thiol groups is 2. The fraction of sp³-hybridized carbons (Fsp3) is 0.125. The first-order valence-corrected chi connectivity index (χ1v) is 9.49. The number of hydrogen-bond acceptors (Lipinski definition) is 4. The van der Waals surface area contributed by atoms with Crippen LogP contribution in [0.15, 0.2) is 44.9 Å². The molecule has 8 heteroatoms. The maximum atomic E-state index is 13.6. The van der Waals surface area contributed by atoms with Gasteiger partial charge in [-0.05, 0) is 23.3 Å². The van der Waals surface area contributed by atoms with Crippen LogP contribution < -0.4 is 0 Å². The molecule has 0 nitrogen and oxygen atoms in total. The predicted octanol–water partition coefficient (Wildman–Crippen LogP) is 6.40. The molecule has 0 atom stereocenters. The Balaban J connectivity index is 1.95. The van der Waals surface area contributed by atoms with Crippen molar-refractivity contribution in [2.24, 2.45) is 0 Å². The Hall–Kier alpha value is -0.700. The molecule has 0 aromatic heterocycles. The SMILES string of the molecule is Fc1ccc(CS/C(S)=C(/S)SCc2ccc(F)cc2F)c(F)c1. The summed E-state index contributed by atoms with van der Waals surface area (Å²) in [4.78, 5) is 0. The second-order valence-electron chi connectivity index (χ2n) is 4.66. The summed E-state index contributed by atoms with van der Waals surface area (Å²) >= 11 is 11.0. The third-order valence-corrected chi connectivity index (χ3v) is 6.64. The molecule has 2 aromatic carbocycles. The van der Waals surface area contributed by atoms with Crippen molar-refractivity contribution in [3.8, 4) is 0 Å². The van der Waals surface area contributed by atoms with Gasteiger partial charge in [0, 0.05) is 23.6 Å². The maximum absolute atomic E-state index is 13.6. The number of benzene rings is 2. The highest BCUT2D eigenvalue weighted by Gasteiger charge is 2.09. The van der Waals surface area contributed by atoms with Gasteiger partial charge in [-0.1, -0.05) is 12.1 Å². The first-order valence-electron chi connectivity index (χ1n) is 6.62. The van der Waals surface area contributed by atoms with Crippen LogP contribution in [0, 0.1) is 23.3 Å². The summed E-state index contributed by atoms with van der Waals surface area (Å²) in [5.74, 6) is -1.97. The fourth-order valence-electron chi connectivity index (χ4n) is 1.69. The summed E-state index contributed by atoms with van der Waals surface area (Å²) in [6.45, 7) is 0. The van der Waals surface area contributed by atoms with Gasteiger partial charge in [-0.3, -0.25) is 0 Å². The highest BCUT2D eigenvalue weighted by atomic mass is 32.2. The van der Waals surface area contributed by atoms with Crippen LogP contribution >= 0.6 is 48.8 Å². The Morgan fingerprint density at radius 1 is 0.708 bits per heavy atom. The van der Waals surface area contributed by atoms with E-state index in [0.717, 1.165) is 12.1 Å². The van der Waals surface area contributed by atoms with Crippen molar-refractivity contribution < 1.29 is 17.6 Å². The lowest BCUT2D eigenvalue weighted by atomic mass is 10.2. The van der Waals surface area contributed by atoms with Gasteiger partial charge < -0.3 is 0 Å². The molecule has 24 heavy (non-hydrogen) atoms. The molecule has 0 heterocycles. The van der Waals surface area contributed by atoms with Gasteiger partial charge in [-0.2, -0.15) is 0 Å². The smallest absolute Gasteiger partial charge is 0.130 e. The summed E-state index contributed by atoms with van der Waals surface area (Å²) in [6, 6.07) is 6.77. The quantitative estimate of drug-likeness (QED) is 0.419. The molecular formula is C16H12F4S4. The van der Waals surface area contributed by atoms with Crippen LogP contribution in [0.25, 0.3) is 0 Å². The lowest BCUT2D eigenvalue weighted by molar-refractivity contribution is 0.576. The number of rotatable bonds is 6. The zero-order valence-electron chi connectivity index (χ0n) is 12.1. The molecular weight excluding hydrogens is 396 g/mol. The van der Waals surface area contributed by atoms with Gasteiger partial charge in [-0.25, -0.2) is 17.6 Å². The molecule has 2 rings (SSSR count). The van der Waals surface area contributed by atoms with Crippen molar-refractivity contribution in [2.45, 2.75) is 11.5 Å². The molecule has 2 aromatic rings. The first kappa shape index (κ1) is 19.6. The van der Waals surface area contributed by atoms with Gasteiger partial charge in [0.25, 0.3) is 0 Å². The molecule has 0 radical (unpaired) electrons. The standard InChI is InChI=1S/C16H12F4S4/c17-11-3-1-9(13(19)5-11)7-23-15(21)16(22)24-8-10-2-4-12(18)6-14(10)20/h1-6,21-22H,7-8H2/b16-15-. The molecule has 0 amide bonds. The molecule has 0 N–H and O–H groups in total. The zero-order valence-corrected chi connectivity index (χ0v) is 15.5. The topological polar surface area (TPSA) is 0 Å². The van der Waals surface area contributed by atoms with Crippen molar-refractivity contribution in [3.05, 3.63) is 79.3 Å². The Labute approximate surface area is 156 Å². The van der Waals surface area contributed by atoms with Gasteiger partial charge >= 0.3 is 0 Å². The summed E-state index contributed by atoms with van der Waals surface area (Å²) in [6.07, 6.45) is 0. The maximum Gasteiger partial charge on any atom is 0.130 e. The van der Waals surface area contributed by atoms with Crippen LogP contribution in [0.5, 0.6) is 0 Å². The van der Waals surface area contributed by atoms with E-state index in [1.54, 1.807) is 0 Å². The highest BCUT2D eigenvalue weighted by molar-refractivity contribution is 8.21. The summed E-state index contributed by atoms with van der Waals surface area (Å²) in [7, 11) is 0.